The number of aromatic nitrogens is 3. The van der Waals surface area contributed by atoms with Gasteiger partial charge >= 0.3 is 0 Å². The van der Waals surface area contributed by atoms with Gasteiger partial charge in [-0.1, -0.05) is 115 Å². The molecule has 0 amide bonds. The molecule has 0 unspecified atom stereocenters. The third kappa shape index (κ3) is 5.67. The molecule has 2 aliphatic heterocycles. The van der Waals surface area contributed by atoms with Gasteiger partial charge in [-0.25, -0.2) is 15.0 Å². The number of hydrogen-bond acceptors (Lipinski definition) is 6. The van der Waals surface area contributed by atoms with Crippen LogP contribution in [0.15, 0.2) is 176 Å². The summed E-state index contributed by atoms with van der Waals surface area (Å²) in [6.45, 7) is 0. The van der Waals surface area contributed by atoms with E-state index in [0.717, 1.165) is 63.2 Å². The minimum Gasteiger partial charge on any atom is -0.457 e. The van der Waals surface area contributed by atoms with Gasteiger partial charge in [-0.05, 0) is 78.2 Å². The molecule has 8 aromatic rings. The van der Waals surface area contributed by atoms with Crippen LogP contribution in [0.2, 0.25) is 0 Å². The summed E-state index contributed by atoms with van der Waals surface area (Å²) in [5.41, 5.74) is 9.32. The second kappa shape index (κ2) is 12.9. The molecule has 6 heteroatoms. The van der Waals surface area contributed by atoms with E-state index < -0.39 is 0 Å². The molecule has 10 rings (SSSR count). The van der Waals surface area contributed by atoms with E-state index in [1.807, 2.05) is 78.9 Å². The Kier molecular flexibility index (Phi) is 7.50. The summed E-state index contributed by atoms with van der Waals surface area (Å²) in [5.74, 6) is 5.44. The van der Waals surface area contributed by atoms with Crippen LogP contribution in [-0.2, 0) is 6.42 Å². The molecule has 0 spiro atoms. The van der Waals surface area contributed by atoms with Crippen LogP contribution in [0.25, 0.3) is 34.2 Å². The number of hydrogen-bond donors (Lipinski definition) is 0. The van der Waals surface area contributed by atoms with Crippen LogP contribution >= 0.6 is 0 Å². The number of fused-ring (bicyclic) bond motifs is 4. The van der Waals surface area contributed by atoms with E-state index in [4.69, 9.17) is 24.4 Å². The van der Waals surface area contributed by atoms with Gasteiger partial charge in [0.1, 0.15) is 11.5 Å². The number of benzene rings is 7. The number of nitrogens with zero attached hydrogens (tertiary/aromatic N) is 4. The Morgan fingerprint density at radius 1 is 0.415 bits per heavy atom. The van der Waals surface area contributed by atoms with Gasteiger partial charge in [0.05, 0.1) is 11.4 Å². The lowest BCUT2D eigenvalue weighted by Crippen LogP contribution is -2.15. The monoisotopic (exact) mass is 684 g/mol. The number of anilines is 3. The summed E-state index contributed by atoms with van der Waals surface area (Å²) >= 11 is 0. The lowest BCUT2D eigenvalue weighted by Gasteiger charge is -2.32. The molecule has 2 aliphatic rings. The Bertz CT molecular complexity index is 2560. The second-order valence-electron chi connectivity index (χ2n) is 13.2. The van der Waals surface area contributed by atoms with Crippen molar-refractivity contribution in [2.45, 2.75) is 12.3 Å². The molecule has 0 saturated heterocycles. The molecular weight excluding hydrogens is 653 g/mol. The number of rotatable bonds is 5. The molecule has 6 nitrogen and oxygen atoms in total. The molecule has 0 aliphatic carbocycles. The highest BCUT2D eigenvalue weighted by atomic mass is 16.5. The number of ether oxygens (including phenoxy) is 2. The highest BCUT2D eigenvalue weighted by molar-refractivity contribution is 5.86. The average Bonchev–Trinajstić information content (AvgIpc) is 3.40. The van der Waals surface area contributed by atoms with Gasteiger partial charge in [-0.15, -0.1) is 0 Å². The Hall–Kier alpha value is -7.05. The van der Waals surface area contributed by atoms with Gasteiger partial charge < -0.3 is 14.4 Å². The molecule has 0 N–H and O–H groups in total. The summed E-state index contributed by atoms with van der Waals surface area (Å²) in [4.78, 5) is 17.3. The quantitative estimate of drug-likeness (QED) is 0.180. The van der Waals surface area contributed by atoms with Crippen LogP contribution in [0, 0.1) is 0 Å². The third-order valence-corrected chi connectivity index (χ3v) is 9.97. The van der Waals surface area contributed by atoms with Crippen LogP contribution in [0.3, 0.4) is 0 Å². The fourth-order valence-electron chi connectivity index (χ4n) is 7.34. The van der Waals surface area contributed by atoms with E-state index in [0.29, 0.717) is 17.5 Å². The van der Waals surface area contributed by atoms with Gasteiger partial charge in [0.15, 0.2) is 29.0 Å². The summed E-state index contributed by atoms with van der Waals surface area (Å²) in [7, 11) is 0. The van der Waals surface area contributed by atoms with Gasteiger partial charge in [-0.3, -0.25) is 0 Å². The summed E-state index contributed by atoms with van der Waals surface area (Å²) in [6.07, 6.45) is 0.845. The largest absolute Gasteiger partial charge is 0.457 e. The van der Waals surface area contributed by atoms with Gasteiger partial charge in [0.25, 0.3) is 0 Å². The SMILES string of the molecule is c1ccc(-c2nc(-c3ccc([C@@H]4Cc5ccccc5Oc5ccccc54)cc3)nc(-c3ccc(N4c5ccccc5Oc5ccccc54)cc3)n2)cc1. The zero-order valence-corrected chi connectivity index (χ0v) is 28.6. The molecule has 0 fully saturated rings. The molecule has 1 atom stereocenters. The first kappa shape index (κ1) is 30.7. The Morgan fingerprint density at radius 2 is 0.887 bits per heavy atom. The van der Waals surface area contributed by atoms with E-state index in [2.05, 4.69) is 102 Å². The van der Waals surface area contributed by atoms with E-state index in [9.17, 15) is 0 Å². The molecule has 3 heterocycles. The molecular formula is C47H32N4O2. The summed E-state index contributed by atoms with van der Waals surface area (Å²) < 4.78 is 12.6. The van der Waals surface area contributed by atoms with Gasteiger partial charge in [0, 0.05) is 33.9 Å². The predicted molar refractivity (Wildman–Crippen MR) is 209 cm³/mol. The van der Waals surface area contributed by atoms with Crippen molar-refractivity contribution in [3.05, 3.63) is 193 Å². The van der Waals surface area contributed by atoms with Crippen LogP contribution in [-0.4, -0.2) is 15.0 Å². The third-order valence-electron chi connectivity index (χ3n) is 9.97. The van der Waals surface area contributed by atoms with Crippen molar-refractivity contribution >= 4 is 17.1 Å². The normalized spacial score (nSPS) is 14.0. The molecule has 0 bridgehead atoms. The van der Waals surface area contributed by atoms with Crippen LogP contribution in [0.1, 0.15) is 22.6 Å². The van der Waals surface area contributed by atoms with E-state index in [-0.39, 0.29) is 5.92 Å². The van der Waals surface area contributed by atoms with Gasteiger partial charge in [0.2, 0.25) is 0 Å². The van der Waals surface area contributed by atoms with Crippen LogP contribution in [0.4, 0.5) is 17.1 Å². The van der Waals surface area contributed by atoms with Crippen molar-refractivity contribution in [3.63, 3.8) is 0 Å². The highest BCUT2D eigenvalue weighted by Gasteiger charge is 2.27. The van der Waals surface area contributed by atoms with Crippen LogP contribution < -0.4 is 14.4 Å². The summed E-state index contributed by atoms with van der Waals surface area (Å²) in [6, 6.07) is 60.0. The average molecular weight is 685 g/mol. The second-order valence-corrected chi connectivity index (χ2v) is 13.2. The van der Waals surface area contributed by atoms with E-state index in [1.165, 1.54) is 16.7 Å². The van der Waals surface area contributed by atoms with E-state index >= 15 is 0 Å². The maximum Gasteiger partial charge on any atom is 0.164 e. The first-order valence-corrected chi connectivity index (χ1v) is 17.8. The standard InChI is InChI=1S/C47H32N4O2/c1-2-12-32(13-3-1)45-48-46(33-24-22-31(23-25-33)38-30-35-14-4-8-18-41(35)52-42-19-9-5-15-37(38)42)50-47(49-45)34-26-28-36(29-27-34)51-39-16-6-10-20-43(39)53-44-21-11-7-17-40(44)51/h1-29,38H,30H2/t38-/m0/s1. The molecule has 0 radical (unpaired) electrons. The topological polar surface area (TPSA) is 60.4 Å². The van der Waals surface area contributed by atoms with Crippen LogP contribution in [0.5, 0.6) is 23.0 Å². The molecule has 252 valence electrons. The lowest BCUT2D eigenvalue weighted by molar-refractivity contribution is 0.477. The minimum absolute atomic E-state index is 0.140. The van der Waals surface area contributed by atoms with Crippen molar-refractivity contribution in [3.8, 4) is 57.2 Å². The van der Waals surface area contributed by atoms with Crippen molar-refractivity contribution in [2.75, 3.05) is 4.90 Å². The Balaban J connectivity index is 1.02. The van der Waals surface area contributed by atoms with Crippen molar-refractivity contribution in [1.29, 1.82) is 0 Å². The maximum absolute atomic E-state index is 6.40. The van der Waals surface area contributed by atoms with Gasteiger partial charge in [-0.2, -0.15) is 0 Å². The zero-order chi connectivity index (χ0) is 35.1. The fraction of sp³-hybridized carbons (Fsp3) is 0.0426. The fourth-order valence-corrected chi connectivity index (χ4v) is 7.34. The lowest BCUT2D eigenvalue weighted by atomic mass is 9.85. The predicted octanol–water partition coefficient (Wildman–Crippen LogP) is 11.9. The highest BCUT2D eigenvalue weighted by Crippen LogP contribution is 2.50. The molecule has 1 aromatic heterocycles. The first-order chi connectivity index (χ1) is 26.2. The zero-order valence-electron chi connectivity index (χ0n) is 28.6. The Labute approximate surface area is 307 Å². The minimum atomic E-state index is 0.140. The molecule has 7 aromatic carbocycles. The van der Waals surface area contributed by atoms with E-state index in [1.54, 1.807) is 0 Å². The smallest absolute Gasteiger partial charge is 0.164 e. The molecule has 53 heavy (non-hydrogen) atoms. The number of para-hydroxylation sites is 6. The Morgan fingerprint density at radius 3 is 1.53 bits per heavy atom. The van der Waals surface area contributed by atoms with Crippen molar-refractivity contribution in [2.24, 2.45) is 0 Å². The van der Waals surface area contributed by atoms with Crippen molar-refractivity contribution < 1.29 is 9.47 Å². The maximum atomic E-state index is 6.40. The van der Waals surface area contributed by atoms with Crippen molar-refractivity contribution in [1.82, 2.24) is 15.0 Å². The molecule has 0 saturated carbocycles. The summed E-state index contributed by atoms with van der Waals surface area (Å²) in [5, 5.41) is 0. The first-order valence-electron chi connectivity index (χ1n) is 17.8.